The van der Waals surface area contributed by atoms with Crippen molar-refractivity contribution < 1.29 is 4.74 Å². The van der Waals surface area contributed by atoms with Crippen molar-refractivity contribution >= 4 is 0 Å². The Morgan fingerprint density at radius 3 is 3.00 bits per heavy atom. The van der Waals surface area contributed by atoms with Gasteiger partial charge in [-0.15, -0.1) is 0 Å². The Kier molecular flexibility index (Phi) is 2.45. The topological polar surface area (TPSA) is 47.3 Å². The maximum Gasteiger partial charge on any atom is 0.0588 e. The third-order valence-electron chi connectivity index (χ3n) is 1.91. The number of nitrogens with two attached hydrogens (primary N) is 1. The predicted octanol–water partition coefficient (Wildman–Crippen LogP) is -0.125. The van der Waals surface area contributed by atoms with Crippen LogP contribution in [-0.2, 0) is 4.74 Å². The lowest BCUT2D eigenvalue weighted by Crippen LogP contribution is -2.31. The Morgan fingerprint density at radius 2 is 2.56 bits per heavy atom. The van der Waals surface area contributed by atoms with E-state index < -0.39 is 0 Å². The van der Waals surface area contributed by atoms with E-state index in [0.717, 1.165) is 19.6 Å². The fourth-order valence-electron chi connectivity index (χ4n) is 1.20. The van der Waals surface area contributed by atoms with Crippen LogP contribution in [0.4, 0.5) is 0 Å². The minimum absolute atomic E-state index is 0.390. The largest absolute Gasteiger partial charge is 0.378 e. The molecule has 0 aromatic carbocycles. The summed E-state index contributed by atoms with van der Waals surface area (Å²) >= 11 is 0. The van der Waals surface area contributed by atoms with Crippen LogP contribution in [0.2, 0.25) is 0 Å². The van der Waals surface area contributed by atoms with E-state index in [1.165, 1.54) is 0 Å². The predicted molar refractivity (Wildman–Crippen MR) is 35.7 cm³/mol. The number of hydrazine groups is 1. The first-order valence-corrected chi connectivity index (χ1v) is 3.39. The minimum atomic E-state index is 0.390. The molecule has 3 nitrogen and oxygen atoms in total. The molecule has 1 fully saturated rings. The van der Waals surface area contributed by atoms with Crippen molar-refractivity contribution in [1.82, 2.24) is 5.43 Å². The number of rotatable bonds is 2. The molecule has 2 atom stereocenters. The van der Waals surface area contributed by atoms with Crippen molar-refractivity contribution in [2.75, 3.05) is 13.2 Å². The molecule has 3 N–H and O–H groups in total. The Hall–Kier alpha value is -0.120. The van der Waals surface area contributed by atoms with Gasteiger partial charge in [-0.1, -0.05) is 0 Å². The highest BCUT2D eigenvalue weighted by Crippen LogP contribution is 2.18. The molecule has 1 rings (SSSR count). The number of hydrogen-bond donors (Lipinski definition) is 2. The molecule has 54 valence electrons. The Balaban J connectivity index is 2.22. The Morgan fingerprint density at radius 1 is 1.78 bits per heavy atom. The Bertz CT molecular complexity index is 87.1. The monoisotopic (exact) mass is 130 g/mol. The molecule has 0 radical (unpaired) electrons. The molecule has 0 aromatic heterocycles. The maximum atomic E-state index is 5.32. The average molecular weight is 130 g/mol. The summed E-state index contributed by atoms with van der Waals surface area (Å²) < 4.78 is 5.32. The molecule has 0 amide bonds. The van der Waals surface area contributed by atoms with Crippen molar-refractivity contribution in [1.29, 1.82) is 0 Å². The fourth-order valence-corrected chi connectivity index (χ4v) is 1.20. The van der Waals surface area contributed by atoms with Gasteiger partial charge in [0.1, 0.15) is 0 Å². The summed E-state index contributed by atoms with van der Waals surface area (Å²) in [6.07, 6.45) is 1.53. The van der Waals surface area contributed by atoms with Crippen LogP contribution in [0.25, 0.3) is 0 Å². The van der Waals surface area contributed by atoms with E-state index >= 15 is 0 Å². The smallest absolute Gasteiger partial charge is 0.0588 e. The molecular weight excluding hydrogens is 116 g/mol. The first kappa shape index (κ1) is 6.99. The summed E-state index contributed by atoms with van der Waals surface area (Å²) in [5.41, 5.74) is 2.66. The zero-order chi connectivity index (χ0) is 6.69. The van der Waals surface area contributed by atoms with Crippen molar-refractivity contribution in [3.8, 4) is 0 Å². The van der Waals surface area contributed by atoms with E-state index in [1.807, 2.05) is 0 Å². The van der Waals surface area contributed by atoms with Gasteiger partial charge in [0.2, 0.25) is 0 Å². The van der Waals surface area contributed by atoms with Crippen LogP contribution < -0.4 is 11.3 Å². The third-order valence-corrected chi connectivity index (χ3v) is 1.91. The van der Waals surface area contributed by atoms with Gasteiger partial charge in [0.15, 0.2) is 0 Å². The van der Waals surface area contributed by atoms with E-state index in [2.05, 4.69) is 12.3 Å². The van der Waals surface area contributed by atoms with Crippen molar-refractivity contribution in [3.05, 3.63) is 0 Å². The SMILES string of the molecule is CC1OCCC1CNN. The van der Waals surface area contributed by atoms with Crippen LogP contribution >= 0.6 is 0 Å². The molecule has 9 heavy (non-hydrogen) atoms. The third kappa shape index (κ3) is 1.64. The quantitative estimate of drug-likeness (QED) is 0.404. The maximum absolute atomic E-state index is 5.32. The average Bonchev–Trinajstić information content (AvgIpc) is 2.18. The summed E-state index contributed by atoms with van der Waals surface area (Å²) in [5, 5.41) is 0. The van der Waals surface area contributed by atoms with Crippen LogP contribution in [0.5, 0.6) is 0 Å². The first-order valence-electron chi connectivity index (χ1n) is 3.39. The molecule has 1 aliphatic heterocycles. The second-order valence-corrected chi connectivity index (χ2v) is 2.53. The molecule has 1 aliphatic rings. The van der Waals surface area contributed by atoms with Gasteiger partial charge in [-0.2, -0.15) is 0 Å². The van der Waals surface area contributed by atoms with Crippen molar-refractivity contribution in [2.24, 2.45) is 11.8 Å². The van der Waals surface area contributed by atoms with E-state index in [1.54, 1.807) is 0 Å². The highest BCUT2D eigenvalue weighted by atomic mass is 16.5. The zero-order valence-electron chi connectivity index (χ0n) is 5.76. The molecule has 0 spiro atoms. The normalized spacial score (nSPS) is 35.3. The molecule has 0 bridgehead atoms. The molecule has 3 heteroatoms. The van der Waals surface area contributed by atoms with Crippen LogP contribution in [0.1, 0.15) is 13.3 Å². The molecule has 2 unspecified atom stereocenters. The molecule has 0 aliphatic carbocycles. The fraction of sp³-hybridized carbons (Fsp3) is 1.00. The van der Waals surface area contributed by atoms with Crippen molar-refractivity contribution in [3.63, 3.8) is 0 Å². The first-order chi connectivity index (χ1) is 4.34. The van der Waals surface area contributed by atoms with Gasteiger partial charge in [0.05, 0.1) is 6.10 Å². The summed E-state index contributed by atoms with van der Waals surface area (Å²) in [6.45, 7) is 3.86. The summed E-state index contributed by atoms with van der Waals surface area (Å²) in [4.78, 5) is 0. The number of ether oxygens (including phenoxy) is 1. The molecular formula is C6H14N2O. The van der Waals surface area contributed by atoms with E-state index in [-0.39, 0.29) is 0 Å². The standard InChI is InChI=1S/C6H14N2O/c1-5-6(4-8-7)2-3-9-5/h5-6,8H,2-4,7H2,1H3. The van der Waals surface area contributed by atoms with Gasteiger partial charge in [0, 0.05) is 19.1 Å². The van der Waals surface area contributed by atoms with E-state index in [0.29, 0.717) is 12.0 Å². The van der Waals surface area contributed by atoms with Gasteiger partial charge >= 0.3 is 0 Å². The molecule has 0 saturated carbocycles. The lowest BCUT2D eigenvalue weighted by Gasteiger charge is -2.11. The van der Waals surface area contributed by atoms with Crippen LogP contribution in [-0.4, -0.2) is 19.3 Å². The van der Waals surface area contributed by atoms with Gasteiger partial charge in [-0.25, -0.2) is 0 Å². The van der Waals surface area contributed by atoms with Crippen LogP contribution in [0.3, 0.4) is 0 Å². The van der Waals surface area contributed by atoms with Crippen LogP contribution in [0, 0.1) is 5.92 Å². The van der Waals surface area contributed by atoms with Crippen molar-refractivity contribution in [2.45, 2.75) is 19.4 Å². The van der Waals surface area contributed by atoms with Gasteiger partial charge in [0.25, 0.3) is 0 Å². The second-order valence-electron chi connectivity index (χ2n) is 2.53. The highest BCUT2D eigenvalue weighted by Gasteiger charge is 2.22. The highest BCUT2D eigenvalue weighted by molar-refractivity contribution is 4.72. The molecule has 0 aromatic rings. The zero-order valence-corrected chi connectivity index (χ0v) is 5.76. The van der Waals surface area contributed by atoms with E-state index in [4.69, 9.17) is 10.6 Å². The van der Waals surface area contributed by atoms with Gasteiger partial charge < -0.3 is 4.74 Å². The van der Waals surface area contributed by atoms with Crippen LogP contribution in [0.15, 0.2) is 0 Å². The second kappa shape index (κ2) is 3.15. The van der Waals surface area contributed by atoms with E-state index in [9.17, 15) is 0 Å². The Labute approximate surface area is 55.5 Å². The lowest BCUT2D eigenvalue weighted by atomic mass is 10.0. The summed E-state index contributed by atoms with van der Waals surface area (Å²) in [6, 6.07) is 0. The van der Waals surface area contributed by atoms with Gasteiger partial charge in [-0.05, 0) is 13.3 Å². The number of hydrogen-bond acceptors (Lipinski definition) is 3. The summed E-state index contributed by atoms with van der Waals surface area (Å²) in [7, 11) is 0. The minimum Gasteiger partial charge on any atom is -0.378 e. The number of nitrogens with one attached hydrogen (secondary N) is 1. The summed E-state index contributed by atoms with van der Waals surface area (Å²) in [5.74, 6) is 5.79. The molecule has 1 saturated heterocycles. The van der Waals surface area contributed by atoms with Gasteiger partial charge in [-0.3, -0.25) is 11.3 Å². The lowest BCUT2D eigenvalue weighted by molar-refractivity contribution is 0.105. The molecule has 1 heterocycles.